The van der Waals surface area contributed by atoms with Crippen LogP contribution in [0.5, 0.6) is 23.0 Å². The first-order chi connectivity index (χ1) is 36.3. The van der Waals surface area contributed by atoms with Gasteiger partial charge in [-0.2, -0.15) is 21.9 Å². The first-order valence-electron chi connectivity index (χ1n) is 23.2. The zero-order valence-corrected chi connectivity index (χ0v) is 46.9. The molecule has 0 saturated carbocycles. The van der Waals surface area contributed by atoms with Crippen molar-refractivity contribution < 1.29 is 55.5 Å². The Bertz CT molecular complexity index is 3860. The normalized spacial score (nSPS) is 11.9. The number of carbonyl (C=O) groups excluding carboxylic acids is 1. The van der Waals surface area contributed by atoms with E-state index in [9.17, 15) is 46.1 Å². The maximum Gasteiger partial charge on any atom is 2.00 e. The maximum absolute atomic E-state index is 13.5. The molecule has 23 heteroatoms. The van der Waals surface area contributed by atoms with Crippen LogP contribution in [0.1, 0.15) is 54.7 Å². The minimum absolute atomic E-state index is 0. The summed E-state index contributed by atoms with van der Waals surface area (Å²) >= 11 is 12.1. The van der Waals surface area contributed by atoms with Gasteiger partial charge >= 0.3 is 37.7 Å². The van der Waals surface area contributed by atoms with Crippen LogP contribution in [-0.2, 0) is 33.1 Å². The Morgan fingerprint density at radius 3 is 1.57 bits per heavy atom. The fourth-order valence-electron chi connectivity index (χ4n) is 7.85. The smallest absolute Gasteiger partial charge is 0.871 e. The van der Waals surface area contributed by atoms with Crippen LogP contribution in [0.25, 0.3) is 21.5 Å². The number of amides is 1. The summed E-state index contributed by atoms with van der Waals surface area (Å²) in [6.45, 7) is 7.91. The van der Waals surface area contributed by atoms with Crippen molar-refractivity contribution in [2.45, 2.75) is 50.3 Å². The minimum atomic E-state index is -4.76. The second kappa shape index (κ2) is 26.1. The number of para-hydroxylation sites is 4. The van der Waals surface area contributed by atoms with Crippen molar-refractivity contribution in [1.82, 2.24) is 0 Å². The largest absolute Gasteiger partial charge is 2.00 e. The molecule has 0 spiro atoms. The van der Waals surface area contributed by atoms with Crippen LogP contribution >= 0.6 is 23.2 Å². The average molecular weight is 1150 g/mol. The molecule has 18 nitrogen and oxygen atoms in total. The van der Waals surface area contributed by atoms with Gasteiger partial charge in [-0.3, -0.25) is 18.9 Å². The van der Waals surface area contributed by atoms with Gasteiger partial charge in [-0.1, -0.05) is 128 Å². The van der Waals surface area contributed by atoms with E-state index in [1.165, 1.54) is 24.3 Å². The first kappa shape index (κ1) is 59.5. The average Bonchev–Trinajstić information content (AvgIpc) is 3.38. The van der Waals surface area contributed by atoms with E-state index in [0.29, 0.717) is 75.9 Å². The topological polar surface area (TPSA) is 284 Å². The van der Waals surface area contributed by atoms with Crippen molar-refractivity contribution >= 4 is 149 Å². The second-order valence-corrected chi connectivity index (χ2v) is 19.7. The third-order valence-electron chi connectivity index (χ3n) is 11.4. The van der Waals surface area contributed by atoms with Crippen molar-refractivity contribution in [1.29, 1.82) is 0 Å². The number of anilines is 1. The van der Waals surface area contributed by atoms with Gasteiger partial charge in [-0.05, 0) is 109 Å². The second-order valence-electron chi connectivity index (χ2n) is 16.2. The molecular weight excluding hydrogens is 1100 g/mol. The van der Waals surface area contributed by atoms with E-state index in [0.717, 1.165) is 0 Å². The summed E-state index contributed by atoms with van der Waals surface area (Å²) in [6, 6.07) is 36.0. The van der Waals surface area contributed by atoms with Gasteiger partial charge < -0.3 is 30.1 Å². The summed E-state index contributed by atoms with van der Waals surface area (Å²) < 4.78 is 78.9. The number of carbonyl (C=O) groups is 1. The molecule has 0 fully saturated rings. The number of nitrogens with one attached hydrogen (secondary N) is 1. The molecule has 0 heterocycles. The van der Waals surface area contributed by atoms with Gasteiger partial charge in [0.2, 0.25) is 0 Å². The van der Waals surface area contributed by atoms with Crippen LogP contribution < -0.4 is 25.0 Å². The Kier molecular flexibility index (Phi) is 20.2. The summed E-state index contributed by atoms with van der Waals surface area (Å²) in [5, 5.41) is 58.4. The standard InChI is InChI=1S/2C27H24ClN3O6S.Ca/c2*1-3-16-13-14-20(28)26(38(34,35)36)23(16)30-31-24-18-10-6-5-9-17(18)15-19(25(24)32)27(33)29-21-11-7-8-12-22(21)37-4-2;/h2*5-15,32H,3-4H2,1-2H3,(H,29,33)(H,34,35,36);/q;;+2/p-2. The van der Waals surface area contributed by atoms with E-state index >= 15 is 0 Å². The summed E-state index contributed by atoms with van der Waals surface area (Å²) in [4.78, 5) is 16.2. The Morgan fingerprint density at radius 1 is 0.597 bits per heavy atom. The molecule has 0 atom stereocenters. The van der Waals surface area contributed by atoms with Crippen LogP contribution in [0, 0.1) is 0 Å². The number of phenolic OH excluding ortho intramolecular Hbond substituents is 1. The molecular formula is C54H46CaCl2N6O12S2. The molecule has 8 rings (SSSR count). The first-order valence-corrected chi connectivity index (χ1v) is 26.8. The number of azo groups is 2. The Balaban J connectivity index is 0.000000246. The molecule has 0 radical (unpaired) electrons. The Morgan fingerprint density at radius 2 is 1.04 bits per heavy atom. The number of halogens is 2. The van der Waals surface area contributed by atoms with Gasteiger partial charge in [-0.15, -0.1) is 15.3 Å². The molecule has 392 valence electrons. The molecule has 77 heavy (non-hydrogen) atoms. The maximum atomic E-state index is 13.5. The predicted molar refractivity (Wildman–Crippen MR) is 294 cm³/mol. The Hall–Kier alpha value is -6.72. The van der Waals surface area contributed by atoms with Gasteiger partial charge in [0.1, 0.15) is 44.0 Å². The van der Waals surface area contributed by atoms with Gasteiger partial charge in [0.15, 0.2) is 5.75 Å². The number of hydrogen-bond acceptors (Lipinski definition) is 15. The molecule has 0 aliphatic carbocycles. The van der Waals surface area contributed by atoms with E-state index in [2.05, 4.69) is 30.8 Å². The van der Waals surface area contributed by atoms with Crippen LogP contribution in [0.3, 0.4) is 0 Å². The number of ether oxygens (including phenoxy) is 2. The van der Waals surface area contributed by atoms with Crippen molar-refractivity contribution in [3.05, 3.63) is 166 Å². The van der Waals surface area contributed by atoms with E-state index in [1.54, 1.807) is 130 Å². The van der Waals surface area contributed by atoms with Crippen molar-refractivity contribution in [2.24, 2.45) is 25.4 Å². The monoisotopic (exact) mass is 1140 g/mol. The van der Waals surface area contributed by atoms with Crippen molar-refractivity contribution in [2.75, 3.05) is 18.5 Å². The third-order valence-corrected chi connectivity index (χ3v) is 14.1. The zero-order chi connectivity index (χ0) is 54.9. The fourth-order valence-corrected chi connectivity index (χ4v) is 10.2. The molecule has 8 aromatic rings. The molecule has 0 saturated heterocycles. The number of aromatic hydroxyl groups is 1. The number of fused-ring (bicyclic) bond motifs is 2. The number of benzene rings is 8. The summed E-state index contributed by atoms with van der Waals surface area (Å²) in [6.07, 6.45) is 0.706. The summed E-state index contributed by atoms with van der Waals surface area (Å²) in [5.74, 6) is -1.78. The molecule has 4 N–H and O–H groups in total. The van der Waals surface area contributed by atoms with E-state index in [1.807, 2.05) is 6.92 Å². The molecule has 0 aliphatic heterocycles. The summed E-state index contributed by atoms with van der Waals surface area (Å²) in [7, 11) is -9.51. The Labute approximate surface area is 483 Å². The SMILES string of the molecule is CCOc1ccccc1N=C([O-])c1cc2ccccc2c(N=Nc2c(CC)ccc(Cl)c2S(=O)(=O)O)c1[O-].CCOc1ccccc1NC(=O)c1cc2ccccc2c(N=Nc2c(CC)ccc(Cl)c2S(=O)(=O)O)c1O.[Ca+2]. The summed E-state index contributed by atoms with van der Waals surface area (Å²) in [5.41, 5.74) is 0.621. The minimum Gasteiger partial charge on any atom is -0.871 e. The van der Waals surface area contributed by atoms with Gasteiger partial charge in [0.25, 0.3) is 26.1 Å². The quantitative estimate of drug-likeness (QED) is 0.0231. The molecule has 0 unspecified atom stereocenters. The number of phenols is 1. The van der Waals surface area contributed by atoms with Gasteiger partial charge in [0, 0.05) is 10.8 Å². The van der Waals surface area contributed by atoms with Crippen LogP contribution in [0.4, 0.5) is 34.1 Å². The van der Waals surface area contributed by atoms with E-state index < -0.39 is 53.3 Å². The van der Waals surface area contributed by atoms with Gasteiger partial charge in [0.05, 0.1) is 40.2 Å². The number of aliphatic imine (C=N–C) groups is 1. The number of nitrogens with zero attached hydrogens (tertiary/aromatic N) is 5. The predicted octanol–water partition coefficient (Wildman–Crippen LogP) is 12.3. The number of hydrogen-bond donors (Lipinski definition) is 4. The molecule has 1 amide bonds. The van der Waals surface area contributed by atoms with Crippen molar-refractivity contribution in [3.63, 3.8) is 0 Å². The number of rotatable bonds is 16. The zero-order valence-electron chi connectivity index (χ0n) is 41.6. The molecule has 8 aromatic carbocycles. The molecule has 0 aromatic heterocycles. The van der Waals surface area contributed by atoms with Crippen LogP contribution in [0.2, 0.25) is 10.0 Å². The van der Waals surface area contributed by atoms with E-state index in [-0.39, 0.29) is 87.3 Å². The molecule has 0 bridgehead atoms. The molecule has 0 aliphatic rings. The van der Waals surface area contributed by atoms with Crippen LogP contribution in [0.15, 0.2) is 169 Å². The fraction of sp³-hybridized carbons (Fsp3) is 0.148. The van der Waals surface area contributed by atoms with Crippen molar-refractivity contribution in [3.8, 4) is 23.0 Å². The third kappa shape index (κ3) is 13.7. The number of aryl methyl sites for hydroxylation is 2. The van der Waals surface area contributed by atoms with E-state index in [4.69, 9.17) is 32.7 Å². The van der Waals surface area contributed by atoms with Crippen LogP contribution in [-0.4, -0.2) is 93.8 Å². The van der Waals surface area contributed by atoms with Gasteiger partial charge in [-0.25, -0.2) is 0 Å².